The van der Waals surface area contributed by atoms with Crippen LogP contribution in [0, 0.1) is 5.92 Å². The Morgan fingerprint density at radius 1 is 0.963 bits per heavy atom. The molecule has 0 radical (unpaired) electrons. The third-order valence-electron chi connectivity index (χ3n) is 5.07. The third kappa shape index (κ3) is 3.95. The van der Waals surface area contributed by atoms with Crippen LogP contribution in [0.5, 0.6) is 0 Å². The molecule has 1 atom stereocenters. The van der Waals surface area contributed by atoms with Crippen molar-refractivity contribution in [2.24, 2.45) is 5.92 Å². The van der Waals surface area contributed by atoms with Gasteiger partial charge < -0.3 is 19.9 Å². The van der Waals surface area contributed by atoms with Gasteiger partial charge >= 0.3 is 0 Å². The summed E-state index contributed by atoms with van der Waals surface area (Å²) < 4.78 is 5.37. The summed E-state index contributed by atoms with van der Waals surface area (Å²) in [7, 11) is 0. The van der Waals surface area contributed by atoms with E-state index >= 15 is 0 Å². The van der Waals surface area contributed by atoms with Gasteiger partial charge in [0, 0.05) is 43.1 Å². The molecule has 4 rings (SSSR count). The third-order valence-corrected chi connectivity index (χ3v) is 5.07. The maximum Gasteiger partial charge on any atom is 0.229 e. The Morgan fingerprint density at radius 2 is 1.67 bits per heavy atom. The maximum absolute atomic E-state index is 12.6. The van der Waals surface area contributed by atoms with Gasteiger partial charge in [0.1, 0.15) is 0 Å². The first kappa shape index (κ1) is 17.5. The van der Waals surface area contributed by atoms with Gasteiger partial charge in [0.15, 0.2) is 0 Å². The highest BCUT2D eigenvalue weighted by atomic mass is 16.5. The minimum absolute atomic E-state index is 0.0102. The molecule has 0 aliphatic carbocycles. The fraction of sp³-hybridized carbons (Fsp3) is 0.333. The number of nitrogens with zero attached hydrogens (tertiary/aromatic N) is 2. The Bertz CT molecular complexity index is 801. The monoisotopic (exact) mass is 365 g/mol. The van der Waals surface area contributed by atoms with Gasteiger partial charge in [-0.25, -0.2) is 0 Å². The summed E-state index contributed by atoms with van der Waals surface area (Å²) in [5.41, 5.74) is 2.72. The van der Waals surface area contributed by atoms with Crippen molar-refractivity contribution < 1.29 is 14.3 Å². The molecule has 0 unspecified atom stereocenters. The molecule has 2 fully saturated rings. The molecule has 6 nitrogen and oxygen atoms in total. The first-order chi connectivity index (χ1) is 13.2. The van der Waals surface area contributed by atoms with Gasteiger partial charge in [0.25, 0.3) is 0 Å². The molecular weight excluding hydrogens is 342 g/mol. The number of hydrogen-bond donors (Lipinski definition) is 1. The van der Waals surface area contributed by atoms with Crippen LogP contribution in [0.15, 0.2) is 54.6 Å². The standard InChI is InChI=1S/C21H23N3O3/c25-20-14-16(15-24(20)19-4-2-1-3-5-19)21(26)22-17-6-8-18(9-7-17)23-10-12-27-13-11-23/h1-9,16H,10-15H2,(H,22,26)/t16-/m1/s1. The van der Waals surface area contributed by atoms with Crippen LogP contribution in [0.1, 0.15) is 6.42 Å². The van der Waals surface area contributed by atoms with Crippen molar-refractivity contribution in [1.29, 1.82) is 0 Å². The number of hydrogen-bond acceptors (Lipinski definition) is 4. The molecule has 1 N–H and O–H groups in total. The number of carbonyl (C=O) groups is 2. The fourth-order valence-electron chi connectivity index (χ4n) is 3.56. The number of anilines is 3. The molecule has 0 bridgehead atoms. The molecule has 0 spiro atoms. The molecule has 2 amide bonds. The van der Waals surface area contributed by atoms with Gasteiger partial charge in [-0.15, -0.1) is 0 Å². The lowest BCUT2D eigenvalue weighted by Crippen LogP contribution is -2.36. The molecule has 140 valence electrons. The van der Waals surface area contributed by atoms with Gasteiger partial charge in [-0.3, -0.25) is 9.59 Å². The van der Waals surface area contributed by atoms with Crippen LogP contribution >= 0.6 is 0 Å². The molecule has 2 aromatic rings. The Kier molecular flexibility index (Phi) is 5.07. The predicted octanol–water partition coefficient (Wildman–Crippen LogP) is 2.51. The minimum atomic E-state index is -0.336. The van der Waals surface area contributed by atoms with Crippen LogP contribution < -0.4 is 15.1 Å². The van der Waals surface area contributed by atoms with E-state index in [1.165, 1.54) is 0 Å². The lowest BCUT2D eigenvalue weighted by atomic mass is 10.1. The maximum atomic E-state index is 12.6. The zero-order chi connectivity index (χ0) is 18.6. The van der Waals surface area contributed by atoms with E-state index in [-0.39, 0.29) is 24.2 Å². The zero-order valence-electron chi connectivity index (χ0n) is 15.1. The van der Waals surface area contributed by atoms with Crippen molar-refractivity contribution in [3.63, 3.8) is 0 Å². The van der Waals surface area contributed by atoms with Crippen LogP contribution in [-0.2, 0) is 14.3 Å². The molecule has 2 aliphatic rings. The molecule has 0 saturated carbocycles. The van der Waals surface area contributed by atoms with Gasteiger partial charge in [0.2, 0.25) is 11.8 Å². The summed E-state index contributed by atoms with van der Waals surface area (Å²) in [6.07, 6.45) is 0.243. The Hall–Kier alpha value is -2.86. The summed E-state index contributed by atoms with van der Waals surface area (Å²) >= 11 is 0. The van der Waals surface area contributed by atoms with Crippen LogP contribution in [-0.4, -0.2) is 44.7 Å². The molecule has 0 aromatic heterocycles. The van der Waals surface area contributed by atoms with Crippen molar-refractivity contribution >= 4 is 28.9 Å². The summed E-state index contributed by atoms with van der Waals surface area (Å²) in [5.74, 6) is -0.457. The number of rotatable bonds is 4. The van der Waals surface area contributed by atoms with Crippen LogP contribution in [0.25, 0.3) is 0 Å². The fourth-order valence-corrected chi connectivity index (χ4v) is 3.56. The molecular formula is C21H23N3O3. The first-order valence-corrected chi connectivity index (χ1v) is 9.30. The number of para-hydroxylation sites is 1. The second kappa shape index (κ2) is 7.80. The van der Waals surface area contributed by atoms with Crippen molar-refractivity contribution in [2.75, 3.05) is 48.0 Å². The second-order valence-corrected chi connectivity index (χ2v) is 6.88. The van der Waals surface area contributed by atoms with Gasteiger partial charge in [-0.1, -0.05) is 18.2 Å². The van der Waals surface area contributed by atoms with Crippen molar-refractivity contribution in [3.05, 3.63) is 54.6 Å². The Morgan fingerprint density at radius 3 is 2.37 bits per heavy atom. The van der Waals surface area contributed by atoms with Crippen molar-refractivity contribution in [1.82, 2.24) is 0 Å². The second-order valence-electron chi connectivity index (χ2n) is 6.88. The van der Waals surface area contributed by atoms with Crippen LogP contribution in [0.2, 0.25) is 0 Å². The lowest BCUT2D eigenvalue weighted by molar-refractivity contribution is -0.122. The summed E-state index contributed by atoms with van der Waals surface area (Å²) in [4.78, 5) is 28.9. The molecule has 2 saturated heterocycles. The summed E-state index contributed by atoms with van der Waals surface area (Å²) in [5, 5.41) is 2.95. The SMILES string of the molecule is O=C(Nc1ccc(N2CCOCC2)cc1)[C@@H]1CC(=O)N(c2ccccc2)C1. The van der Waals surface area contributed by atoms with Gasteiger partial charge in [-0.05, 0) is 36.4 Å². The molecule has 2 aliphatic heterocycles. The van der Waals surface area contributed by atoms with E-state index in [2.05, 4.69) is 10.2 Å². The smallest absolute Gasteiger partial charge is 0.229 e. The van der Waals surface area contributed by atoms with E-state index in [0.29, 0.717) is 6.54 Å². The number of benzene rings is 2. The highest BCUT2D eigenvalue weighted by molar-refractivity contribution is 6.03. The van der Waals surface area contributed by atoms with E-state index in [1.807, 2.05) is 54.6 Å². The summed E-state index contributed by atoms with van der Waals surface area (Å²) in [6, 6.07) is 17.3. The van der Waals surface area contributed by atoms with Crippen molar-refractivity contribution in [2.45, 2.75) is 6.42 Å². The Labute approximate surface area is 158 Å². The number of morpholine rings is 1. The van der Waals surface area contributed by atoms with E-state index in [9.17, 15) is 9.59 Å². The van der Waals surface area contributed by atoms with Crippen LogP contribution in [0.4, 0.5) is 17.1 Å². The normalized spacial score (nSPS) is 20.0. The number of nitrogens with one attached hydrogen (secondary N) is 1. The number of amides is 2. The molecule has 6 heteroatoms. The predicted molar refractivity (Wildman–Crippen MR) is 105 cm³/mol. The van der Waals surface area contributed by atoms with Crippen molar-refractivity contribution in [3.8, 4) is 0 Å². The highest BCUT2D eigenvalue weighted by Crippen LogP contribution is 2.26. The van der Waals surface area contributed by atoms with E-state index in [0.717, 1.165) is 43.4 Å². The molecule has 2 aromatic carbocycles. The van der Waals surface area contributed by atoms with E-state index < -0.39 is 0 Å². The Balaban J connectivity index is 1.37. The minimum Gasteiger partial charge on any atom is -0.378 e. The molecule has 27 heavy (non-hydrogen) atoms. The first-order valence-electron chi connectivity index (χ1n) is 9.30. The average Bonchev–Trinajstić information content (AvgIpc) is 3.12. The van der Waals surface area contributed by atoms with E-state index in [4.69, 9.17) is 4.74 Å². The topological polar surface area (TPSA) is 61.9 Å². The van der Waals surface area contributed by atoms with Gasteiger partial charge in [0.05, 0.1) is 19.1 Å². The lowest BCUT2D eigenvalue weighted by Gasteiger charge is -2.28. The highest BCUT2D eigenvalue weighted by Gasteiger charge is 2.35. The largest absolute Gasteiger partial charge is 0.378 e. The zero-order valence-corrected chi connectivity index (χ0v) is 15.1. The summed E-state index contributed by atoms with van der Waals surface area (Å²) in [6.45, 7) is 3.66. The van der Waals surface area contributed by atoms with Gasteiger partial charge in [-0.2, -0.15) is 0 Å². The van der Waals surface area contributed by atoms with E-state index in [1.54, 1.807) is 4.90 Å². The average molecular weight is 365 g/mol. The van der Waals surface area contributed by atoms with Crippen LogP contribution in [0.3, 0.4) is 0 Å². The number of carbonyl (C=O) groups excluding carboxylic acids is 2. The molecule has 2 heterocycles. The quantitative estimate of drug-likeness (QED) is 0.904. The number of ether oxygens (including phenoxy) is 1.